The fraction of sp³-hybridized carbons (Fsp3) is 0.250. The molecule has 2 amide bonds. The van der Waals surface area contributed by atoms with Crippen LogP contribution in [0.5, 0.6) is 0 Å². The van der Waals surface area contributed by atoms with E-state index in [-0.39, 0.29) is 24.2 Å². The number of amides is 2. The molecule has 2 aromatic rings. The fourth-order valence-corrected chi connectivity index (χ4v) is 2.47. The monoisotopic (exact) mass is 284 g/mol. The second kappa shape index (κ2) is 5.83. The fourth-order valence-electron chi connectivity index (χ4n) is 2.47. The first kappa shape index (κ1) is 13.4. The van der Waals surface area contributed by atoms with E-state index >= 15 is 0 Å². The molecule has 0 spiro atoms. The number of hydrogen-bond acceptors (Lipinski definition) is 3. The maximum atomic E-state index is 12.1. The number of para-hydroxylation sites is 1. The lowest BCUT2D eigenvalue weighted by Gasteiger charge is -2.16. The Hall–Kier alpha value is -2.56. The van der Waals surface area contributed by atoms with Crippen molar-refractivity contribution in [3.63, 3.8) is 0 Å². The van der Waals surface area contributed by atoms with Crippen molar-refractivity contribution in [1.82, 2.24) is 5.32 Å². The van der Waals surface area contributed by atoms with E-state index in [0.717, 1.165) is 5.69 Å². The molecule has 1 aromatic heterocycles. The zero-order valence-corrected chi connectivity index (χ0v) is 11.5. The molecule has 21 heavy (non-hydrogen) atoms. The second-order valence-corrected chi connectivity index (χ2v) is 5.04. The Morgan fingerprint density at radius 2 is 2.05 bits per heavy atom. The van der Waals surface area contributed by atoms with Gasteiger partial charge in [0.2, 0.25) is 11.8 Å². The SMILES string of the molecule is O=C(NCc1ccco1)[C@@H]1CC(=O)N(c2ccccc2)C1. The number of nitrogens with zero attached hydrogens (tertiary/aromatic N) is 1. The Balaban J connectivity index is 1.60. The summed E-state index contributed by atoms with van der Waals surface area (Å²) in [6.07, 6.45) is 1.82. The normalized spacial score (nSPS) is 18.0. The van der Waals surface area contributed by atoms with Crippen LogP contribution in [0.25, 0.3) is 0 Å². The number of rotatable bonds is 4. The lowest BCUT2D eigenvalue weighted by atomic mass is 10.1. The number of anilines is 1. The highest BCUT2D eigenvalue weighted by molar-refractivity contribution is 6.00. The van der Waals surface area contributed by atoms with Gasteiger partial charge in [-0.25, -0.2) is 0 Å². The highest BCUT2D eigenvalue weighted by atomic mass is 16.3. The minimum atomic E-state index is -0.312. The zero-order chi connectivity index (χ0) is 14.7. The van der Waals surface area contributed by atoms with Gasteiger partial charge in [-0.15, -0.1) is 0 Å². The summed E-state index contributed by atoms with van der Waals surface area (Å²) in [5, 5.41) is 2.81. The van der Waals surface area contributed by atoms with E-state index in [1.54, 1.807) is 23.3 Å². The molecule has 1 fully saturated rings. The van der Waals surface area contributed by atoms with E-state index in [4.69, 9.17) is 4.42 Å². The highest BCUT2D eigenvalue weighted by Gasteiger charge is 2.34. The van der Waals surface area contributed by atoms with Crippen molar-refractivity contribution in [3.8, 4) is 0 Å². The Morgan fingerprint density at radius 1 is 1.24 bits per heavy atom. The summed E-state index contributed by atoms with van der Waals surface area (Å²) in [6.45, 7) is 0.773. The second-order valence-electron chi connectivity index (χ2n) is 5.04. The van der Waals surface area contributed by atoms with Gasteiger partial charge in [0.25, 0.3) is 0 Å². The van der Waals surface area contributed by atoms with E-state index in [1.807, 2.05) is 30.3 Å². The average molecular weight is 284 g/mol. The molecule has 1 aliphatic rings. The predicted octanol–water partition coefficient (Wildman–Crippen LogP) is 1.95. The molecule has 1 aromatic carbocycles. The third-order valence-electron chi connectivity index (χ3n) is 3.58. The van der Waals surface area contributed by atoms with Crippen LogP contribution in [0.1, 0.15) is 12.2 Å². The van der Waals surface area contributed by atoms with Crippen LogP contribution >= 0.6 is 0 Å². The summed E-state index contributed by atoms with van der Waals surface area (Å²) in [5.41, 5.74) is 0.837. The van der Waals surface area contributed by atoms with E-state index in [9.17, 15) is 9.59 Å². The maximum absolute atomic E-state index is 12.1. The summed E-state index contributed by atoms with van der Waals surface area (Å²) in [5.74, 6) is 0.262. The molecule has 0 bridgehead atoms. The quantitative estimate of drug-likeness (QED) is 0.933. The first-order valence-electron chi connectivity index (χ1n) is 6.89. The number of carbonyl (C=O) groups excluding carboxylic acids is 2. The standard InChI is InChI=1S/C16H16N2O3/c19-15-9-12(11-18(15)13-5-2-1-3-6-13)16(20)17-10-14-7-4-8-21-14/h1-8,12H,9-11H2,(H,17,20)/t12-/m1/s1. The van der Waals surface area contributed by atoms with Gasteiger partial charge in [-0.1, -0.05) is 18.2 Å². The van der Waals surface area contributed by atoms with Crippen molar-refractivity contribution in [2.75, 3.05) is 11.4 Å². The molecule has 108 valence electrons. The van der Waals surface area contributed by atoms with Crippen LogP contribution < -0.4 is 10.2 Å². The van der Waals surface area contributed by atoms with Gasteiger partial charge in [-0.05, 0) is 24.3 Å². The largest absolute Gasteiger partial charge is 0.467 e. The highest BCUT2D eigenvalue weighted by Crippen LogP contribution is 2.24. The third-order valence-corrected chi connectivity index (χ3v) is 3.58. The number of furan rings is 1. The molecule has 0 saturated carbocycles. The van der Waals surface area contributed by atoms with Crippen molar-refractivity contribution < 1.29 is 14.0 Å². The van der Waals surface area contributed by atoms with Crippen LogP contribution in [0.15, 0.2) is 53.1 Å². The number of carbonyl (C=O) groups is 2. The first-order valence-corrected chi connectivity index (χ1v) is 6.89. The number of nitrogens with one attached hydrogen (secondary N) is 1. The van der Waals surface area contributed by atoms with Crippen LogP contribution in [-0.4, -0.2) is 18.4 Å². The van der Waals surface area contributed by atoms with E-state index in [2.05, 4.69) is 5.32 Å². The molecular formula is C16H16N2O3. The van der Waals surface area contributed by atoms with Gasteiger partial charge in [-0.2, -0.15) is 0 Å². The van der Waals surface area contributed by atoms with Gasteiger partial charge in [0.05, 0.1) is 18.7 Å². The maximum Gasteiger partial charge on any atom is 0.227 e. The molecule has 0 aliphatic carbocycles. The molecule has 1 aliphatic heterocycles. The Kier molecular flexibility index (Phi) is 3.73. The van der Waals surface area contributed by atoms with Crippen molar-refractivity contribution >= 4 is 17.5 Å². The predicted molar refractivity (Wildman–Crippen MR) is 77.5 cm³/mol. The van der Waals surface area contributed by atoms with Crippen LogP contribution in [0.2, 0.25) is 0 Å². The molecule has 1 N–H and O–H groups in total. The molecule has 2 heterocycles. The topological polar surface area (TPSA) is 62.6 Å². The molecule has 0 radical (unpaired) electrons. The van der Waals surface area contributed by atoms with Gasteiger partial charge in [0.1, 0.15) is 5.76 Å². The Bertz CT molecular complexity index is 622. The number of benzene rings is 1. The zero-order valence-electron chi connectivity index (χ0n) is 11.5. The summed E-state index contributed by atoms with van der Waals surface area (Å²) in [6, 6.07) is 13.0. The molecule has 3 rings (SSSR count). The van der Waals surface area contributed by atoms with Gasteiger partial charge in [-0.3, -0.25) is 9.59 Å². The Labute approximate surface area is 122 Å². The third kappa shape index (κ3) is 2.97. The Morgan fingerprint density at radius 3 is 2.76 bits per heavy atom. The minimum absolute atomic E-state index is 0.0145. The lowest BCUT2D eigenvalue weighted by Crippen LogP contribution is -2.32. The van der Waals surface area contributed by atoms with Crippen molar-refractivity contribution in [2.24, 2.45) is 5.92 Å². The minimum Gasteiger partial charge on any atom is -0.467 e. The summed E-state index contributed by atoms with van der Waals surface area (Å²) >= 11 is 0. The van der Waals surface area contributed by atoms with Crippen LogP contribution in [0, 0.1) is 5.92 Å². The molecule has 0 unspecified atom stereocenters. The smallest absolute Gasteiger partial charge is 0.227 e. The molecular weight excluding hydrogens is 268 g/mol. The van der Waals surface area contributed by atoms with E-state index in [0.29, 0.717) is 18.8 Å². The van der Waals surface area contributed by atoms with Crippen LogP contribution in [0.3, 0.4) is 0 Å². The van der Waals surface area contributed by atoms with Crippen molar-refractivity contribution in [2.45, 2.75) is 13.0 Å². The summed E-state index contributed by atoms with van der Waals surface area (Å²) < 4.78 is 5.17. The van der Waals surface area contributed by atoms with Crippen molar-refractivity contribution in [3.05, 3.63) is 54.5 Å². The van der Waals surface area contributed by atoms with Gasteiger partial charge in [0.15, 0.2) is 0 Å². The van der Waals surface area contributed by atoms with Crippen LogP contribution in [-0.2, 0) is 16.1 Å². The van der Waals surface area contributed by atoms with E-state index in [1.165, 1.54) is 0 Å². The molecule has 5 heteroatoms. The molecule has 1 atom stereocenters. The summed E-state index contributed by atoms with van der Waals surface area (Å²) in [4.78, 5) is 25.8. The van der Waals surface area contributed by atoms with Gasteiger partial charge < -0.3 is 14.6 Å². The van der Waals surface area contributed by atoms with Gasteiger partial charge >= 0.3 is 0 Å². The molecule has 1 saturated heterocycles. The molecule has 5 nitrogen and oxygen atoms in total. The number of hydrogen-bond donors (Lipinski definition) is 1. The van der Waals surface area contributed by atoms with Gasteiger partial charge in [0, 0.05) is 18.7 Å². The lowest BCUT2D eigenvalue weighted by molar-refractivity contribution is -0.126. The van der Waals surface area contributed by atoms with Crippen molar-refractivity contribution in [1.29, 1.82) is 0 Å². The average Bonchev–Trinajstić information content (AvgIpc) is 3.15. The summed E-state index contributed by atoms with van der Waals surface area (Å²) in [7, 11) is 0. The van der Waals surface area contributed by atoms with E-state index < -0.39 is 0 Å². The van der Waals surface area contributed by atoms with Crippen LogP contribution in [0.4, 0.5) is 5.69 Å². The first-order chi connectivity index (χ1) is 10.2.